The average molecular weight is 230 g/mol. The molecule has 2 N–H and O–H groups in total. The summed E-state index contributed by atoms with van der Waals surface area (Å²) in [5.74, 6) is 0. The van der Waals surface area contributed by atoms with Crippen molar-refractivity contribution in [1.29, 1.82) is 0 Å². The molecule has 0 aliphatic heterocycles. The fourth-order valence-corrected chi connectivity index (χ4v) is 2.19. The van der Waals surface area contributed by atoms with Gasteiger partial charge in [-0.15, -0.1) is 11.3 Å². The van der Waals surface area contributed by atoms with E-state index in [-0.39, 0.29) is 0 Å². The molecule has 0 radical (unpaired) electrons. The molecule has 0 fully saturated rings. The van der Waals surface area contributed by atoms with Crippen LogP contribution in [0, 0.1) is 0 Å². The van der Waals surface area contributed by atoms with Crippen LogP contribution < -0.4 is 5.73 Å². The lowest BCUT2D eigenvalue weighted by molar-refractivity contribution is 0.150. The minimum absolute atomic E-state index is 0.533. The van der Waals surface area contributed by atoms with Gasteiger partial charge in [-0.05, 0) is 6.92 Å². The highest BCUT2D eigenvalue weighted by Gasteiger charge is 2.09. The van der Waals surface area contributed by atoms with Gasteiger partial charge in [0, 0.05) is 31.6 Å². The Labute approximate surface area is 94.4 Å². The quantitative estimate of drug-likeness (QED) is 0.718. The number of methoxy groups -OCH3 is 1. The van der Waals surface area contributed by atoms with Crippen LogP contribution in [-0.4, -0.2) is 25.3 Å². The van der Waals surface area contributed by atoms with E-state index in [0.29, 0.717) is 13.2 Å². The van der Waals surface area contributed by atoms with Gasteiger partial charge in [-0.3, -0.25) is 0 Å². The molecule has 15 heavy (non-hydrogen) atoms. The largest absolute Gasteiger partial charge is 0.381 e. The number of rotatable bonds is 7. The van der Waals surface area contributed by atoms with Crippen LogP contribution in [0.1, 0.15) is 22.5 Å². The molecule has 1 heterocycles. The molecule has 0 saturated carbocycles. The molecule has 0 bridgehead atoms. The van der Waals surface area contributed by atoms with E-state index in [1.54, 1.807) is 18.4 Å². The monoisotopic (exact) mass is 230 g/mol. The van der Waals surface area contributed by atoms with E-state index in [1.807, 2.05) is 6.92 Å². The number of nitrogens with zero attached hydrogens (tertiary/aromatic N) is 1. The molecule has 0 aromatic carbocycles. The molecule has 1 rings (SSSR count). The van der Waals surface area contributed by atoms with Gasteiger partial charge in [-0.25, -0.2) is 4.98 Å². The maximum Gasteiger partial charge on any atom is 0.0955 e. The molecule has 0 spiro atoms. The van der Waals surface area contributed by atoms with Gasteiger partial charge < -0.3 is 15.2 Å². The lowest BCUT2D eigenvalue weighted by atomic mass is 10.4. The van der Waals surface area contributed by atoms with Crippen LogP contribution in [0.3, 0.4) is 0 Å². The number of aromatic nitrogens is 1. The first-order valence-corrected chi connectivity index (χ1v) is 5.87. The van der Waals surface area contributed by atoms with Crippen molar-refractivity contribution in [2.75, 3.05) is 20.3 Å². The summed E-state index contributed by atoms with van der Waals surface area (Å²) in [4.78, 5) is 5.59. The molecular weight excluding hydrogens is 212 g/mol. The SMILES string of the molecule is CCOCCc1nc(COC)c(CN)s1. The Morgan fingerprint density at radius 1 is 1.47 bits per heavy atom. The Kier molecular flexibility index (Phi) is 5.78. The predicted molar refractivity (Wildman–Crippen MR) is 60.9 cm³/mol. The molecule has 0 atom stereocenters. The van der Waals surface area contributed by atoms with Crippen molar-refractivity contribution in [3.8, 4) is 0 Å². The standard InChI is InChI=1S/C10H18N2O2S/c1-3-14-5-4-10-12-8(7-13-2)9(6-11)15-10/h3-7,11H2,1-2H3. The molecule has 0 aliphatic carbocycles. The summed E-state index contributed by atoms with van der Waals surface area (Å²) in [5.41, 5.74) is 6.60. The predicted octanol–water partition coefficient (Wildman–Crippen LogP) is 1.33. The van der Waals surface area contributed by atoms with E-state index in [9.17, 15) is 0 Å². The summed E-state index contributed by atoms with van der Waals surface area (Å²) in [6, 6.07) is 0. The van der Waals surface area contributed by atoms with Crippen LogP contribution in [0.5, 0.6) is 0 Å². The second-order valence-corrected chi connectivity index (χ2v) is 4.23. The van der Waals surface area contributed by atoms with E-state index in [2.05, 4.69) is 4.98 Å². The van der Waals surface area contributed by atoms with Gasteiger partial charge in [0.2, 0.25) is 0 Å². The van der Waals surface area contributed by atoms with Crippen molar-refractivity contribution in [3.05, 3.63) is 15.6 Å². The maximum absolute atomic E-state index is 5.63. The first kappa shape index (κ1) is 12.6. The molecule has 86 valence electrons. The van der Waals surface area contributed by atoms with E-state index in [1.165, 1.54) is 0 Å². The number of hydrogen-bond acceptors (Lipinski definition) is 5. The molecule has 0 amide bonds. The Hall–Kier alpha value is -0.490. The van der Waals surface area contributed by atoms with Crippen LogP contribution in [0.25, 0.3) is 0 Å². The molecule has 4 nitrogen and oxygen atoms in total. The average Bonchev–Trinajstić information content (AvgIpc) is 2.62. The first-order chi connectivity index (χ1) is 7.31. The zero-order valence-corrected chi connectivity index (χ0v) is 10.1. The van der Waals surface area contributed by atoms with Gasteiger partial charge in [0.15, 0.2) is 0 Å². The van der Waals surface area contributed by atoms with E-state index in [4.69, 9.17) is 15.2 Å². The molecule has 5 heteroatoms. The van der Waals surface area contributed by atoms with E-state index in [0.717, 1.165) is 35.2 Å². The fraction of sp³-hybridized carbons (Fsp3) is 0.700. The van der Waals surface area contributed by atoms with Gasteiger partial charge in [0.25, 0.3) is 0 Å². The minimum Gasteiger partial charge on any atom is -0.381 e. The second-order valence-electron chi connectivity index (χ2n) is 3.06. The molecular formula is C10H18N2O2S. The molecule has 0 saturated heterocycles. The first-order valence-electron chi connectivity index (χ1n) is 5.06. The highest BCUT2D eigenvalue weighted by Crippen LogP contribution is 2.19. The van der Waals surface area contributed by atoms with E-state index >= 15 is 0 Å². The minimum atomic E-state index is 0.533. The van der Waals surface area contributed by atoms with Crippen LogP contribution in [0.2, 0.25) is 0 Å². The molecule has 0 unspecified atom stereocenters. The topological polar surface area (TPSA) is 57.4 Å². The summed E-state index contributed by atoms with van der Waals surface area (Å²) in [5, 5.41) is 1.08. The van der Waals surface area contributed by atoms with Crippen molar-refractivity contribution in [2.45, 2.75) is 26.5 Å². The van der Waals surface area contributed by atoms with Gasteiger partial charge in [-0.2, -0.15) is 0 Å². The van der Waals surface area contributed by atoms with Crippen molar-refractivity contribution < 1.29 is 9.47 Å². The second kappa shape index (κ2) is 6.90. The Morgan fingerprint density at radius 3 is 2.87 bits per heavy atom. The third kappa shape index (κ3) is 3.87. The fourth-order valence-electron chi connectivity index (χ4n) is 1.26. The van der Waals surface area contributed by atoms with Gasteiger partial charge in [0.05, 0.1) is 23.9 Å². The van der Waals surface area contributed by atoms with Crippen molar-refractivity contribution in [1.82, 2.24) is 4.98 Å². The molecule has 0 aliphatic rings. The molecule has 1 aromatic heterocycles. The Balaban J connectivity index is 2.57. The van der Waals surface area contributed by atoms with Crippen molar-refractivity contribution in [2.24, 2.45) is 5.73 Å². The van der Waals surface area contributed by atoms with Crippen LogP contribution in [-0.2, 0) is 29.0 Å². The highest BCUT2D eigenvalue weighted by molar-refractivity contribution is 7.11. The summed E-state index contributed by atoms with van der Waals surface area (Å²) >= 11 is 1.65. The highest BCUT2D eigenvalue weighted by atomic mass is 32.1. The lowest BCUT2D eigenvalue weighted by Gasteiger charge is -1.97. The number of nitrogens with two attached hydrogens (primary N) is 1. The van der Waals surface area contributed by atoms with Crippen LogP contribution in [0.4, 0.5) is 0 Å². The maximum atomic E-state index is 5.63. The Bertz CT molecular complexity index is 289. The smallest absolute Gasteiger partial charge is 0.0955 e. The zero-order chi connectivity index (χ0) is 11.1. The lowest BCUT2D eigenvalue weighted by Crippen LogP contribution is -2.00. The van der Waals surface area contributed by atoms with Crippen LogP contribution >= 0.6 is 11.3 Å². The van der Waals surface area contributed by atoms with Crippen molar-refractivity contribution in [3.63, 3.8) is 0 Å². The third-order valence-electron chi connectivity index (χ3n) is 1.95. The number of thiazole rings is 1. The number of hydrogen-bond donors (Lipinski definition) is 1. The normalized spacial score (nSPS) is 10.9. The van der Waals surface area contributed by atoms with Gasteiger partial charge >= 0.3 is 0 Å². The van der Waals surface area contributed by atoms with Crippen LogP contribution in [0.15, 0.2) is 0 Å². The summed E-state index contributed by atoms with van der Waals surface area (Å²) in [6.45, 7) is 4.53. The van der Waals surface area contributed by atoms with Crippen molar-refractivity contribution >= 4 is 11.3 Å². The Morgan fingerprint density at radius 2 is 2.27 bits per heavy atom. The van der Waals surface area contributed by atoms with Gasteiger partial charge in [0.1, 0.15) is 0 Å². The van der Waals surface area contributed by atoms with Gasteiger partial charge in [-0.1, -0.05) is 0 Å². The third-order valence-corrected chi connectivity index (χ3v) is 3.13. The summed E-state index contributed by atoms with van der Waals surface area (Å²) in [7, 11) is 1.67. The number of ether oxygens (including phenoxy) is 2. The summed E-state index contributed by atoms with van der Waals surface area (Å²) < 4.78 is 10.4. The molecule has 1 aromatic rings. The van der Waals surface area contributed by atoms with E-state index < -0.39 is 0 Å². The zero-order valence-electron chi connectivity index (χ0n) is 9.28. The summed E-state index contributed by atoms with van der Waals surface area (Å²) in [6.07, 6.45) is 0.856.